The number of thiophene rings is 1. The van der Waals surface area contributed by atoms with E-state index in [1.807, 2.05) is 11.4 Å². The molecule has 1 atom stereocenters. The lowest BCUT2D eigenvalue weighted by atomic mass is 10.3. The van der Waals surface area contributed by atoms with Crippen molar-refractivity contribution >= 4 is 39.0 Å². The van der Waals surface area contributed by atoms with Gasteiger partial charge in [0, 0.05) is 28.3 Å². The van der Waals surface area contributed by atoms with Gasteiger partial charge >= 0.3 is 5.69 Å². The molecule has 0 aromatic carbocycles. The molecule has 92 valence electrons. The van der Waals surface area contributed by atoms with Crippen molar-refractivity contribution in [3.05, 3.63) is 31.3 Å². The number of H-pyrrole nitrogens is 1. The zero-order chi connectivity index (χ0) is 12.4. The van der Waals surface area contributed by atoms with Crippen LogP contribution in [0.2, 0.25) is 0 Å². The molecule has 2 aromatic rings. The van der Waals surface area contributed by atoms with Crippen molar-refractivity contribution in [1.29, 1.82) is 0 Å². The average Bonchev–Trinajstić information content (AvgIpc) is 2.86. The number of thioether (sulfide) groups is 1. The molecule has 0 amide bonds. The number of nitrogens with zero attached hydrogens (tertiary/aromatic N) is 2. The van der Waals surface area contributed by atoms with Crippen LogP contribution < -0.4 is 11.4 Å². The van der Waals surface area contributed by atoms with Gasteiger partial charge in [0.05, 0.1) is 5.25 Å². The maximum Gasteiger partial charge on any atom is 0.343 e. The van der Waals surface area contributed by atoms with Gasteiger partial charge in [-0.05, 0) is 22.0 Å². The Kier molecular flexibility index (Phi) is 4.08. The summed E-state index contributed by atoms with van der Waals surface area (Å²) in [6, 6.07) is 2.04. The number of aromatic amines is 1. The zero-order valence-corrected chi connectivity index (χ0v) is 12.2. The van der Waals surface area contributed by atoms with Crippen LogP contribution in [0.15, 0.2) is 25.9 Å². The van der Waals surface area contributed by atoms with Crippen LogP contribution in [0.4, 0.5) is 0 Å². The minimum atomic E-state index is -0.212. The highest BCUT2D eigenvalue weighted by Crippen LogP contribution is 2.36. The predicted molar refractivity (Wildman–Crippen MR) is 73.5 cm³/mol. The molecule has 2 rings (SSSR count). The second-order valence-electron chi connectivity index (χ2n) is 3.38. The summed E-state index contributed by atoms with van der Waals surface area (Å²) in [7, 11) is 1.69. The number of nitrogens with one attached hydrogen (secondary N) is 1. The number of hydrogen-bond acceptors (Lipinski definition) is 5. The third-order valence-corrected chi connectivity index (χ3v) is 5.47. The SMILES string of the molecule is Cn1c(SC(CN)c2cc(Br)cs2)n[nH]c1=O. The van der Waals surface area contributed by atoms with Gasteiger partial charge in [-0.25, -0.2) is 9.89 Å². The van der Waals surface area contributed by atoms with E-state index < -0.39 is 0 Å². The summed E-state index contributed by atoms with van der Waals surface area (Å²) >= 11 is 6.55. The van der Waals surface area contributed by atoms with E-state index in [-0.39, 0.29) is 10.9 Å². The highest BCUT2D eigenvalue weighted by molar-refractivity contribution is 9.10. The lowest BCUT2D eigenvalue weighted by Crippen LogP contribution is -2.14. The van der Waals surface area contributed by atoms with E-state index in [4.69, 9.17) is 5.73 Å². The summed E-state index contributed by atoms with van der Waals surface area (Å²) in [5.74, 6) is 0. The van der Waals surface area contributed by atoms with Gasteiger partial charge in [-0.2, -0.15) is 0 Å². The van der Waals surface area contributed by atoms with E-state index in [0.717, 1.165) is 4.47 Å². The van der Waals surface area contributed by atoms with Gasteiger partial charge in [-0.3, -0.25) is 4.57 Å². The van der Waals surface area contributed by atoms with Crippen molar-refractivity contribution in [1.82, 2.24) is 14.8 Å². The lowest BCUT2D eigenvalue weighted by molar-refractivity contribution is 0.761. The molecule has 8 heteroatoms. The molecule has 0 saturated heterocycles. The molecular weight excluding hydrogens is 324 g/mol. The van der Waals surface area contributed by atoms with Crippen molar-refractivity contribution in [2.45, 2.75) is 10.4 Å². The van der Waals surface area contributed by atoms with Crippen LogP contribution in [0.1, 0.15) is 10.1 Å². The summed E-state index contributed by atoms with van der Waals surface area (Å²) in [4.78, 5) is 12.4. The second kappa shape index (κ2) is 5.38. The Labute approximate surface area is 115 Å². The number of hydrogen-bond donors (Lipinski definition) is 2. The first-order valence-corrected chi connectivity index (χ1v) is 7.39. The van der Waals surface area contributed by atoms with Crippen molar-refractivity contribution in [3.63, 3.8) is 0 Å². The summed E-state index contributed by atoms with van der Waals surface area (Å²) in [5, 5.41) is 9.15. The first kappa shape index (κ1) is 12.9. The highest BCUT2D eigenvalue weighted by Gasteiger charge is 2.17. The molecule has 0 fully saturated rings. The molecule has 17 heavy (non-hydrogen) atoms. The van der Waals surface area contributed by atoms with Crippen molar-refractivity contribution in [2.75, 3.05) is 6.54 Å². The van der Waals surface area contributed by atoms with Gasteiger partial charge in [-0.15, -0.1) is 16.4 Å². The van der Waals surface area contributed by atoms with Crippen molar-refractivity contribution < 1.29 is 0 Å². The van der Waals surface area contributed by atoms with Crippen molar-refractivity contribution in [2.24, 2.45) is 12.8 Å². The van der Waals surface area contributed by atoms with Gasteiger partial charge in [0.1, 0.15) is 0 Å². The molecular formula is C9H11BrN4OS2. The van der Waals surface area contributed by atoms with Gasteiger partial charge in [0.2, 0.25) is 0 Å². The molecule has 1 unspecified atom stereocenters. The molecule has 0 bridgehead atoms. The van der Waals surface area contributed by atoms with Crippen LogP contribution in [0, 0.1) is 0 Å². The monoisotopic (exact) mass is 334 g/mol. The third-order valence-electron chi connectivity index (χ3n) is 2.21. The van der Waals surface area contributed by atoms with Crippen LogP contribution in [-0.4, -0.2) is 21.3 Å². The molecule has 0 saturated carbocycles. The third kappa shape index (κ3) is 2.82. The Morgan fingerprint density at radius 1 is 1.76 bits per heavy atom. The molecule has 3 N–H and O–H groups in total. The van der Waals surface area contributed by atoms with Crippen LogP contribution >= 0.6 is 39.0 Å². The fourth-order valence-corrected chi connectivity index (χ4v) is 3.91. The minimum absolute atomic E-state index is 0.111. The quantitative estimate of drug-likeness (QED) is 0.834. The second-order valence-corrected chi connectivity index (χ2v) is 6.41. The Morgan fingerprint density at radius 3 is 3.00 bits per heavy atom. The normalized spacial score (nSPS) is 12.9. The molecule has 2 heterocycles. The zero-order valence-electron chi connectivity index (χ0n) is 9.01. The Bertz CT molecular complexity index is 561. The van der Waals surface area contributed by atoms with Gasteiger partial charge in [-0.1, -0.05) is 11.8 Å². The van der Waals surface area contributed by atoms with Crippen LogP contribution in [0.25, 0.3) is 0 Å². The molecule has 2 aromatic heterocycles. The molecule has 0 aliphatic rings. The largest absolute Gasteiger partial charge is 0.343 e. The molecule has 0 spiro atoms. The Hall–Kier alpha value is -0.570. The van der Waals surface area contributed by atoms with Gasteiger partial charge < -0.3 is 5.73 Å². The van der Waals surface area contributed by atoms with Crippen LogP contribution in [0.3, 0.4) is 0 Å². The molecule has 0 radical (unpaired) electrons. The fraction of sp³-hybridized carbons (Fsp3) is 0.333. The summed E-state index contributed by atoms with van der Waals surface area (Å²) in [6.45, 7) is 0.499. The minimum Gasteiger partial charge on any atom is -0.329 e. The lowest BCUT2D eigenvalue weighted by Gasteiger charge is -2.10. The molecule has 5 nitrogen and oxygen atoms in total. The summed E-state index contributed by atoms with van der Waals surface area (Å²) in [6.07, 6.45) is 0. The van der Waals surface area contributed by atoms with E-state index >= 15 is 0 Å². The maximum absolute atomic E-state index is 11.2. The maximum atomic E-state index is 11.2. The predicted octanol–water partition coefficient (Wildman–Crippen LogP) is 1.72. The van der Waals surface area contributed by atoms with E-state index in [2.05, 4.69) is 26.1 Å². The molecule has 0 aliphatic heterocycles. The Balaban J connectivity index is 2.21. The number of rotatable bonds is 4. The van der Waals surface area contributed by atoms with Crippen molar-refractivity contribution in [3.8, 4) is 0 Å². The molecule has 0 aliphatic carbocycles. The number of aromatic nitrogens is 3. The van der Waals surface area contributed by atoms with E-state index in [1.54, 1.807) is 18.4 Å². The summed E-state index contributed by atoms with van der Waals surface area (Å²) < 4.78 is 2.53. The van der Waals surface area contributed by atoms with Gasteiger partial charge in [0.25, 0.3) is 0 Å². The van der Waals surface area contributed by atoms with E-state index in [1.165, 1.54) is 21.2 Å². The number of halogens is 1. The number of nitrogens with two attached hydrogens (primary N) is 1. The van der Waals surface area contributed by atoms with E-state index in [9.17, 15) is 4.79 Å². The standard InChI is InChI=1S/C9H11BrN4OS2/c1-14-8(15)12-13-9(14)17-7(3-11)6-2-5(10)4-16-6/h2,4,7H,3,11H2,1H3,(H,12,15). The van der Waals surface area contributed by atoms with Gasteiger partial charge in [0.15, 0.2) is 5.16 Å². The van der Waals surface area contributed by atoms with E-state index in [0.29, 0.717) is 11.7 Å². The topological polar surface area (TPSA) is 76.7 Å². The van der Waals surface area contributed by atoms with Crippen LogP contribution in [-0.2, 0) is 7.05 Å². The Morgan fingerprint density at radius 2 is 2.53 bits per heavy atom. The summed E-state index contributed by atoms with van der Waals surface area (Å²) in [5.41, 5.74) is 5.55. The van der Waals surface area contributed by atoms with Crippen LogP contribution in [0.5, 0.6) is 0 Å². The first-order chi connectivity index (χ1) is 8.11. The smallest absolute Gasteiger partial charge is 0.329 e. The average molecular weight is 335 g/mol. The first-order valence-electron chi connectivity index (χ1n) is 4.84. The highest BCUT2D eigenvalue weighted by atomic mass is 79.9. The fourth-order valence-electron chi connectivity index (χ4n) is 1.28.